The molecule has 10 nitrogen and oxygen atoms in total. The fraction of sp³-hybridized carbons (Fsp3) is 0.444. The first-order valence-corrected chi connectivity index (χ1v) is 13.0. The highest BCUT2D eigenvalue weighted by Gasteiger charge is 2.37. The minimum Gasteiger partial charge on any atom is -0.432 e. The second kappa shape index (κ2) is 8.83. The number of benzene rings is 1. The average Bonchev–Trinajstić information content (AvgIpc) is 3.47. The standard InChI is InChI=1S/C27H31BN6O4/c1-14-12-33(15(2)23(14)29)26(35)18-6-8-20-19(10-18)30-25(32(20)3)21-11-17-7-9-22(38-27(28,36)37)31-24(17)34(21)13-16-4-5-16/h6-11,14-16,23,36-37H,4-5,12-13,29H2,1-3H3/t14?,15-,23?/m1/s1. The molecule has 1 aliphatic carbocycles. The monoisotopic (exact) mass is 514 g/mol. The van der Waals surface area contributed by atoms with Gasteiger partial charge in [0.2, 0.25) is 13.7 Å². The van der Waals surface area contributed by atoms with Crippen molar-refractivity contribution in [2.24, 2.45) is 24.6 Å². The molecule has 38 heavy (non-hydrogen) atoms. The van der Waals surface area contributed by atoms with Crippen molar-refractivity contribution < 1.29 is 19.7 Å². The average molecular weight is 514 g/mol. The molecule has 0 bridgehead atoms. The number of aliphatic hydroxyl groups is 2. The first-order chi connectivity index (χ1) is 18.0. The van der Waals surface area contributed by atoms with Crippen LogP contribution in [-0.2, 0) is 13.6 Å². The third-order valence-corrected chi connectivity index (χ3v) is 7.92. The van der Waals surface area contributed by atoms with Gasteiger partial charge in [0.05, 0.1) is 16.7 Å². The van der Waals surface area contributed by atoms with Crippen molar-refractivity contribution in [2.75, 3.05) is 6.54 Å². The Morgan fingerprint density at radius 2 is 1.95 bits per heavy atom. The van der Waals surface area contributed by atoms with Crippen molar-refractivity contribution >= 4 is 35.8 Å². The van der Waals surface area contributed by atoms with Gasteiger partial charge in [0.15, 0.2) is 5.82 Å². The van der Waals surface area contributed by atoms with Crippen molar-refractivity contribution in [2.45, 2.75) is 51.2 Å². The van der Waals surface area contributed by atoms with Crippen LogP contribution in [0.5, 0.6) is 5.88 Å². The first-order valence-electron chi connectivity index (χ1n) is 13.0. The summed E-state index contributed by atoms with van der Waals surface area (Å²) in [7, 11) is 7.14. The lowest BCUT2D eigenvalue weighted by atomic mass is 10.0. The number of hydrogen-bond donors (Lipinski definition) is 3. The second-order valence-corrected chi connectivity index (χ2v) is 10.9. The summed E-state index contributed by atoms with van der Waals surface area (Å²) in [5.41, 5.74) is 10.0. The van der Waals surface area contributed by atoms with E-state index in [9.17, 15) is 15.0 Å². The zero-order valence-corrected chi connectivity index (χ0v) is 21.7. The molecule has 2 fully saturated rings. The van der Waals surface area contributed by atoms with Crippen LogP contribution in [0.4, 0.5) is 0 Å². The largest absolute Gasteiger partial charge is 0.432 e. The van der Waals surface area contributed by atoms with E-state index >= 15 is 0 Å². The van der Waals surface area contributed by atoms with Gasteiger partial charge in [0, 0.05) is 49.2 Å². The molecule has 4 aromatic rings. The highest BCUT2D eigenvalue weighted by Crippen LogP contribution is 2.36. The number of nitrogens with two attached hydrogens (primary N) is 1. The van der Waals surface area contributed by atoms with Crippen LogP contribution in [0.2, 0.25) is 0 Å². The number of ether oxygens (including phenoxy) is 1. The molecule has 1 saturated carbocycles. The Labute approximate surface area is 221 Å². The van der Waals surface area contributed by atoms with Crippen molar-refractivity contribution in [3.8, 4) is 17.4 Å². The van der Waals surface area contributed by atoms with E-state index in [4.69, 9.17) is 23.3 Å². The number of imidazole rings is 1. The molecule has 2 radical (unpaired) electrons. The molecule has 1 aliphatic heterocycles. The number of hydrogen-bond acceptors (Lipinski definition) is 7. The second-order valence-electron chi connectivity index (χ2n) is 10.9. The van der Waals surface area contributed by atoms with Gasteiger partial charge in [-0.25, -0.2) is 4.98 Å². The van der Waals surface area contributed by atoms with Crippen molar-refractivity contribution in [3.05, 3.63) is 42.0 Å². The normalized spacial score (nSPS) is 22.1. The highest BCUT2D eigenvalue weighted by molar-refractivity contribution is 6.12. The third kappa shape index (κ3) is 4.34. The molecule has 1 aromatic carbocycles. The zero-order chi connectivity index (χ0) is 26.9. The van der Waals surface area contributed by atoms with Crippen LogP contribution in [-0.4, -0.2) is 72.5 Å². The van der Waals surface area contributed by atoms with E-state index in [0.717, 1.165) is 47.3 Å². The quantitative estimate of drug-likeness (QED) is 0.265. The molecule has 3 atom stereocenters. The molecule has 4 heterocycles. The Kier molecular flexibility index (Phi) is 5.78. The van der Waals surface area contributed by atoms with Gasteiger partial charge in [0.25, 0.3) is 11.8 Å². The number of likely N-dealkylation sites (tertiary alicyclic amines) is 1. The van der Waals surface area contributed by atoms with Crippen LogP contribution in [0.1, 0.15) is 37.0 Å². The summed E-state index contributed by atoms with van der Waals surface area (Å²) < 4.78 is 9.08. The number of aromatic nitrogens is 4. The summed E-state index contributed by atoms with van der Waals surface area (Å²) in [6.07, 6.45) is 2.28. The van der Waals surface area contributed by atoms with Crippen LogP contribution in [0.3, 0.4) is 0 Å². The van der Waals surface area contributed by atoms with Gasteiger partial charge in [-0.05, 0) is 61.9 Å². The topological polar surface area (TPSA) is 132 Å². The number of pyridine rings is 1. The zero-order valence-electron chi connectivity index (χ0n) is 21.7. The highest BCUT2D eigenvalue weighted by atomic mass is 16.8. The van der Waals surface area contributed by atoms with Crippen LogP contribution < -0.4 is 10.5 Å². The predicted octanol–water partition coefficient (Wildman–Crippen LogP) is 1.95. The minimum atomic E-state index is -2.82. The van der Waals surface area contributed by atoms with E-state index in [1.807, 2.05) is 47.7 Å². The van der Waals surface area contributed by atoms with Crippen LogP contribution in [0, 0.1) is 11.8 Å². The number of carbonyl (C=O) groups is 1. The maximum Gasteiger partial charge on any atom is 0.261 e. The smallest absolute Gasteiger partial charge is 0.261 e. The summed E-state index contributed by atoms with van der Waals surface area (Å²) in [6.45, 7) is 5.47. The molecule has 2 unspecified atom stereocenters. The molecular weight excluding hydrogens is 483 g/mol. The molecule has 0 spiro atoms. The van der Waals surface area contributed by atoms with Crippen LogP contribution in [0.15, 0.2) is 36.4 Å². The fourth-order valence-electron chi connectivity index (χ4n) is 5.53. The van der Waals surface area contributed by atoms with E-state index < -0.39 is 5.87 Å². The van der Waals surface area contributed by atoms with Crippen molar-refractivity contribution in [1.82, 2.24) is 24.0 Å². The van der Waals surface area contributed by atoms with E-state index in [1.54, 1.807) is 12.1 Å². The summed E-state index contributed by atoms with van der Waals surface area (Å²) in [5, 5.41) is 19.8. The molecule has 3 aromatic heterocycles. The summed E-state index contributed by atoms with van der Waals surface area (Å²) in [5.74, 6) is -1.31. The molecule has 2 aliphatic rings. The summed E-state index contributed by atoms with van der Waals surface area (Å²) in [6, 6.07) is 10.9. The van der Waals surface area contributed by atoms with Crippen LogP contribution in [0.25, 0.3) is 33.6 Å². The Morgan fingerprint density at radius 1 is 1.18 bits per heavy atom. The van der Waals surface area contributed by atoms with Gasteiger partial charge in [-0.1, -0.05) is 6.92 Å². The van der Waals surface area contributed by atoms with Gasteiger partial charge in [-0.2, -0.15) is 4.98 Å². The van der Waals surface area contributed by atoms with E-state index in [2.05, 4.69) is 16.5 Å². The lowest BCUT2D eigenvalue weighted by Crippen LogP contribution is -2.40. The van der Waals surface area contributed by atoms with Crippen LogP contribution >= 0.6 is 0 Å². The Morgan fingerprint density at radius 3 is 2.61 bits per heavy atom. The SMILES string of the molecule is [B]C(O)(O)Oc1ccc2cc(-c3nc4cc(C(=O)N5CC(C)C(N)[C@H]5C)ccc4n3C)n(CC3CC3)c2n1. The van der Waals surface area contributed by atoms with Gasteiger partial charge in [0.1, 0.15) is 5.65 Å². The molecule has 1 saturated heterocycles. The number of nitrogens with zero attached hydrogens (tertiary/aromatic N) is 5. The van der Waals surface area contributed by atoms with Gasteiger partial charge in [-0.3, -0.25) is 4.79 Å². The Balaban J connectivity index is 1.41. The van der Waals surface area contributed by atoms with E-state index in [-0.39, 0.29) is 29.8 Å². The molecule has 4 N–H and O–H groups in total. The predicted molar refractivity (Wildman–Crippen MR) is 143 cm³/mol. The number of amides is 1. The number of aryl methyl sites for hydroxylation is 1. The molecule has 11 heteroatoms. The Bertz CT molecular complexity index is 1550. The fourth-order valence-corrected chi connectivity index (χ4v) is 5.53. The van der Waals surface area contributed by atoms with Crippen molar-refractivity contribution in [3.63, 3.8) is 0 Å². The first kappa shape index (κ1) is 24.9. The molecule has 6 rings (SSSR count). The van der Waals surface area contributed by atoms with Crippen molar-refractivity contribution in [1.29, 1.82) is 0 Å². The summed E-state index contributed by atoms with van der Waals surface area (Å²) in [4.78, 5) is 24.7. The maximum absolute atomic E-state index is 13.4. The summed E-state index contributed by atoms with van der Waals surface area (Å²) >= 11 is 0. The number of fused-ring (bicyclic) bond motifs is 2. The van der Waals surface area contributed by atoms with E-state index in [1.165, 1.54) is 0 Å². The van der Waals surface area contributed by atoms with Gasteiger partial charge < -0.3 is 34.7 Å². The third-order valence-electron chi connectivity index (χ3n) is 7.92. The maximum atomic E-state index is 13.4. The molecule has 196 valence electrons. The van der Waals surface area contributed by atoms with Gasteiger partial charge >= 0.3 is 0 Å². The number of rotatable bonds is 6. The van der Waals surface area contributed by atoms with Gasteiger partial charge in [-0.15, -0.1) is 0 Å². The molecular formula is C27H31BN6O4. The minimum absolute atomic E-state index is 0.00466. The lowest BCUT2D eigenvalue weighted by molar-refractivity contribution is -0.225. The van der Waals surface area contributed by atoms with E-state index in [0.29, 0.717) is 23.7 Å². The lowest BCUT2D eigenvalue weighted by Gasteiger charge is -2.23. The number of carbonyl (C=O) groups excluding carboxylic acids is 1. The molecule has 1 amide bonds. The Hall–Kier alpha value is -3.41.